The Labute approximate surface area is 148 Å². The van der Waals surface area contributed by atoms with Crippen LogP contribution in [0.4, 0.5) is 0 Å². The maximum absolute atomic E-state index is 5.62. The Balaban J connectivity index is 1.51. The molecule has 0 aliphatic carbocycles. The van der Waals surface area contributed by atoms with Gasteiger partial charge < -0.3 is 4.52 Å². The van der Waals surface area contributed by atoms with Gasteiger partial charge in [0.1, 0.15) is 5.69 Å². The monoisotopic (exact) mass is 333 g/mol. The second-order valence-corrected chi connectivity index (χ2v) is 6.78. The summed E-state index contributed by atoms with van der Waals surface area (Å²) in [7, 11) is 0. The summed E-state index contributed by atoms with van der Waals surface area (Å²) in [4.78, 5) is 7.03. The van der Waals surface area contributed by atoms with Crippen LogP contribution in [0.25, 0.3) is 11.3 Å². The molecule has 1 atom stereocenters. The van der Waals surface area contributed by atoms with Gasteiger partial charge in [0.05, 0.1) is 18.3 Å². The number of rotatable bonds is 4. The van der Waals surface area contributed by atoms with E-state index in [1.165, 1.54) is 18.4 Å². The molecule has 1 aliphatic rings. The smallest absolute Gasteiger partial charge is 0.151 e. The third-order valence-corrected chi connectivity index (χ3v) is 4.91. The van der Waals surface area contributed by atoms with Gasteiger partial charge in [0.2, 0.25) is 0 Å². The van der Waals surface area contributed by atoms with E-state index in [4.69, 9.17) is 4.52 Å². The van der Waals surface area contributed by atoms with Crippen LogP contribution in [0.1, 0.15) is 42.3 Å². The van der Waals surface area contributed by atoms with E-state index in [-0.39, 0.29) is 0 Å². The van der Waals surface area contributed by atoms with Crippen LogP contribution in [0.5, 0.6) is 0 Å². The molecule has 128 valence electrons. The fourth-order valence-electron chi connectivity index (χ4n) is 3.54. The average Bonchev–Trinajstić information content (AvgIpc) is 3.12. The number of aryl methyl sites for hydroxylation is 1. The molecule has 4 heteroatoms. The Morgan fingerprint density at radius 3 is 2.80 bits per heavy atom. The maximum Gasteiger partial charge on any atom is 0.151 e. The van der Waals surface area contributed by atoms with Crippen molar-refractivity contribution in [3.05, 3.63) is 71.7 Å². The van der Waals surface area contributed by atoms with Crippen molar-refractivity contribution >= 4 is 0 Å². The second-order valence-electron chi connectivity index (χ2n) is 6.78. The van der Waals surface area contributed by atoms with Crippen molar-refractivity contribution in [1.82, 2.24) is 15.0 Å². The lowest BCUT2D eigenvalue weighted by Crippen LogP contribution is -2.33. The molecule has 4 rings (SSSR count). The van der Waals surface area contributed by atoms with Crippen molar-refractivity contribution in [2.75, 3.05) is 6.54 Å². The van der Waals surface area contributed by atoms with Crippen molar-refractivity contribution < 1.29 is 4.52 Å². The Kier molecular flexibility index (Phi) is 4.61. The van der Waals surface area contributed by atoms with Gasteiger partial charge in [-0.1, -0.05) is 47.5 Å². The van der Waals surface area contributed by atoms with Crippen LogP contribution in [0.2, 0.25) is 0 Å². The first-order chi connectivity index (χ1) is 12.3. The van der Waals surface area contributed by atoms with E-state index >= 15 is 0 Å². The summed E-state index contributed by atoms with van der Waals surface area (Å²) in [5.74, 6) is 0.915. The van der Waals surface area contributed by atoms with Crippen molar-refractivity contribution in [1.29, 1.82) is 0 Å². The molecule has 1 aliphatic heterocycles. The van der Waals surface area contributed by atoms with Gasteiger partial charge in [-0.3, -0.25) is 9.88 Å². The van der Waals surface area contributed by atoms with Gasteiger partial charge in [0.25, 0.3) is 0 Å². The number of aromatic nitrogens is 2. The van der Waals surface area contributed by atoms with Gasteiger partial charge in [-0.2, -0.15) is 0 Å². The van der Waals surface area contributed by atoms with Crippen molar-refractivity contribution in [2.45, 2.75) is 38.8 Å². The van der Waals surface area contributed by atoms with Gasteiger partial charge in [-0.15, -0.1) is 0 Å². The zero-order chi connectivity index (χ0) is 17.1. The molecule has 0 spiro atoms. The van der Waals surface area contributed by atoms with Crippen molar-refractivity contribution in [2.24, 2.45) is 0 Å². The normalized spacial score (nSPS) is 18.4. The molecule has 0 N–H and O–H groups in total. The summed E-state index contributed by atoms with van der Waals surface area (Å²) in [5, 5.41) is 4.26. The number of benzene rings is 1. The molecule has 3 aromatic rings. The van der Waals surface area contributed by atoms with Gasteiger partial charge in [-0.25, -0.2) is 0 Å². The molecule has 0 unspecified atom stereocenters. The largest absolute Gasteiger partial charge is 0.359 e. The lowest BCUT2D eigenvalue weighted by molar-refractivity contribution is 0.123. The lowest BCUT2D eigenvalue weighted by Gasteiger charge is -2.34. The molecule has 1 saturated heterocycles. The molecule has 1 fully saturated rings. The Hall–Kier alpha value is -2.46. The summed E-state index contributed by atoms with van der Waals surface area (Å²) in [6.07, 6.45) is 5.51. The standard InChI is InChI=1S/C21H23N3O/c1-16-8-10-17(11-9-16)20-14-18(25-23-20)15-24-13-5-3-7-21(24)19-6-2-4-12-22-19/h2,4,6,8-12,14,21H,3,5,7,13,15H2,1H3/t21-/m0/s1. The number of pyridine rings is 1. The average molecular weight is 333 g/mol. The predicted molar refractivity (Wildman–Crippen MR) is 97.9 cm³/mol. The zero-order valence-corrected chi connectivity index (χ0v) is 14.6. The van der Waals surface area contributed by atoms with E-state index in [1.807, 2.05) is 12.3 Å². The SMILES string of the molecule is Cc1ccc(-c2cc(CN3CCCC[C@H]3c3ccccn3)on2)cc1. The predicted octanol–water partition coefficient (Wildman–Crippen LogP) is 4.77. The Morgan fingerprint density at radius 1 is 1.12 bits per heavy atom. The van der Waals surface area contributed by atoms with Gasteiger partial charge in [0.15, 0.2) is 5.76 Å². The minimum Gasteiger partial charge on any atom is -0.359 e. The lowest BCUT2D eigenvalue weighted by atomic mass is 9.98. The maximum atomic E-state index is 5.62. The van der Waals surface area contributed by atoms with E-state index in [0.29, 0.717) is 6.04 Å². The van der Waals surface area contributed by atoms with Gasteiger partial charge in [-0.05, 0) is 38.4 Å². The van der Waals surface area contributed by atoms with Gasteiger partial charge in [0, 0.05) is 17.8 Å². The first-order valence-corrected chi connectivity index (χ1v) is 8.97. The highest BCUT2D eigenvalue weighted by Gasteiger charge is 2.26. The number of likely N-dealkylation sites (tertiary alicyclic amines) is 1. The molecule has 1 aromatic carbocycles. The third kappa shape index (κ3) is 3.64. The molecular weight excluding hydrogens is 310 g/mol. The minimum atomic E-state index is 0.364. The molecule has 3 heterocycles. The molecule has 0 saturated carbocycles. The number of hydrogen-bond donors (Lipinski definition) is 0. The second kappa shape index (κ2) is 7.19. The zero-order valence-electron chi connectivity index (χ0n) is 14.6. The van der Waals surface area contributed by atoms with E-state index < -0.39 is 0 Å². The van der Waals surface area contributed by atoms with Crippen LogP contribution >= 0.6 is 0 Å². The van der Waals surface area contributed by atoms with E-state index in [1.54, 1.807) is 0 Å². The van der Waals surface area contributed by atoms with E-state index in [9.17, 15) is 0 Å². The fourth-order valence-corrected chi connectivity index (χ4v) is 3.54. The highest BCUT2D eigenvalue weighted by atomic mass is 16.5. The van der Waals surface area contributed by atoms with Crippen LogP contribution in [-0.2, 0) is 6.54 Å². The molecular formula is C21H23N3O. The van der Waals surface area contributed by atoms with Crippen LogP contribution in [0, 0.1) is 6.92 Å². The summed E-state index contributed by atoms with van der Waals surface area (Å²) in [6, 6.07) is 17.0. The van der Waals surface area contributed by atoms with Crippen molar-refractivity contribution in [3.8, 4) is 11.3 Å². The van der Waals surface area contributed by atoms with Crippen LogP contribution in [0.15, 0.2) is 59.3 Å². The van der Waals surface area contributed by atoms with Gasteiger partial charge >= 0.3 is 0 Å². The molecule has 0 amide bonds. The van der Waals surface area contributed by atoms with Crippen LogP contribution in [0.3, 0.4) is 0 Å². The Bertz CT molecular complexity index is 811. The van der Waals surface area contributed by atoms with E-state index in [0.717, 1.165) is 42.2 Å². The van der Waals surface area contributed by atoms with Crippen LogP contribution < -0.4 is 0 Å². The topological polar surface area (TPSA) is 42.2 Å². The summed E-state index contributed by atoms with van der Waals surface area (Å²) < 4.78 is 5.62. The number of hydrogen-bond acceptors (Lipinski definition) is 4. The molecule has 25 heavy (non-hydrogen) atoms. The summed E-state index contributed by atoms with van der Waals surface area (Å²) in [6.45, 7) is 3.94. The van der Waals surface area contributed by atoms with Crippen molar-refractivity contribution in [3.63, 3.8) is 0 Å². The Morgan fingerprint density at radius 2 is 2.00 bits per heavy atom. The quantitative estimate of drug-likeness (QED) is 0.689. The molecule has 0 radical (unpaired) electrons. The summed E-state index contributed by atoms with van der Waals surface area (Å²) >= 11 is 0. The van der Waals surface area contributed by atoms with E-state index in [2.05, 4.69) is 64.4 Å². The molecule has 2 aromatic heterocycles. The van der Waals surface area contributed by atoms with Crippen LogP contribution in [-0.4, -0.2) is 21.6 Å². The fraction of sp³-hybridized carbons (Fsp3) is 0.333. The third-order valence-electron chi connectivity index (χ3n) is 4.91. The highest BCUT2D eigenvalue weighted by Crippen LogP contribution is 2.31. The number of nitrogens with zero attached hydrogens (tertiary/aromatic N) is 3. The molecule has 0 bridgehead atoms. The number of piperidine rings is 1. The molecule has 4 nitrogen and oxygen atoms in total. The summed E-state index contributed by atoms with van der Waals surface area (Å²) in [5.41, 5.74) is 4.40. The first kappa shape index (κ1) is 16.0. The highest BCUT2D eigenvalue weighted by molar-refractivity contribution is 5.59. The first-order valence-electron chi connectivity index (χ1n) is 8.97. The minimum absolute atomic E-state index is 0.364.